The topological polar surface area (TPSA) is 59.0 Å². The van der Waals surface area contributed by atoms with Gasteiger partial charge in [0.25, 0.3) is 0 Å². The van der Waals surface area contributed by atoms with Crippen LogP contribution in [0.3, 0.4) is 0 Å². The zero-order valence-electron chi connectivity index (χ0n) is 17.7. The molecule has 6 heteroatoms. The lowest BCUT2D eigenvalue weighted by Gasteiger charge is -2.29. The molecule has 0 radical (unpaired) electrons. The zero-order valence-corrected chi connectivity index (χ0v) is 17.7. The van der Waals surface area contributed by atoms with E-state index in [9.17, 15) is 0 Å². The Kier molecular flexibility index (Phi) is 6.00. The number of H-pyrrole nitrogens is 1. The van der Waals surface area contributed by atoms with Crippen LogP contribution in [0.25, 0.3) is 0 Å². The van der Waals surface area contributed by atoms with Crippen LogP contribution < -0.4 is 4.74 Å². The minimum atomic E-state index is 0.688. The highest BCUT2D eigenvalue weighted by Crippen LogP contribution is 2.25. The van der Waals surface area contributed by atoms with Crippen molar-refractivity contribution >= 4 is 0 Å². The third-order valence-electron chi connectivity index (χ3n) is 5.68. The van der Waals surface area contributed by atoms with Gasteiger partial charge in [0.1, 0.15) is 11.6 Å². The van der Waals surface area contributed by atoms with Gasteiger partial charge in [-0.1, -0.05) is 26.0 Å². The summed E-state index contributed by atoms with van der Waals surface area (Å²) >= 11 is 0. The third kappa shape index (κ3) is 4.70. The number of aromatic amines is 1. The number of aryl methyl sites for hydroxylation is 1. The second kappa shape index (κ2) is 8.82. The van der Waals surface area contributed by atoms with Crippen LogP contribution in [0, 0.1) is 5.92 Å². The Hall–Kier alpha value is -2.60. The molecule has 0 aliphatic carbocycles. The Labute approximate surface area is 172 Å². The summed E-state index contributed by atoms with van der Waals surface area (Å²) in [5.41, 5.74) is 5.01. The number of hydrogen-bond donors (Lipinski definition) is 1. The predicted molar refractivity (Wildman–Crippen MR) is 114 cm³/mol. The highest BCUT2D eigenvalue weighted by molar-refractivity contribution is 5.32. The number of ether oxygens (including phenoxy) is 1. The lowest BCUT2D eigenvalue weighted by molar-refractivity contribution is 0.208. The molecule has 0 atom stereocenters. The molecule has 0 unspecified atom stereocenters. The molecule has 1 N–H and O–H groups in total. The molecule has 4 rings (SSSR count). The van der Waals surface area contributed by atoms with Gasteiger partial charge >= 0.3 is 0 Å². The lowest BCUT2D eigenvalue weighted by atomic mass is 10.1. The molecule has 1 aliphatic heterocycles. The molecule has 0 bridgehead atoms. The zero-order chi connectivity index (χ0) is 20.2. The second-order valence-electron chi connectivity index (χ2n) is 8.32. The summed E-state index contributed by atoms with van der Waals surface area (Å²) in [4.78, 5) is 7.60. The summed E-state index contributed by atoms with van der Waals surface area (Å²) < 4.78 is 7.77. The van der Waals surface area contributed by atoms with E-state index in [0.717, 1.165) is 50.5 Å². The molecule has 1 aliphatic rings. The van der Waals surface area contributed by atoms with E-state index in [-0.39, 0.29) is 0 Å². The van der Waals surface area contributed by atoms with Crippen LogP contribution in [0.5, 0.6) is 5.75 Å². The first-order valence-electron chi connectivity index (χ1n) is 10.5. The maximum absolute atomic E-state index is 5.30. The van der Waals surface area contributed by atoms with Gasteiger partial charge in [-0.2, -0.15) is 5.10 Å². The van der Waals surface area contributed by atoms with Crippen molar-refractivity contribution in [1.29, 1.82) is 0 Å². The van der Waals surface area contributed by atoms with Gasteiger partial charge in [-0.25, -0.2) is 4.98 Å². The lowest BCUT2D eigenvalue weighted by Crippen LogP contribution is -2.34. The van der Waals surface area contributed by atoms with Crippen LogP contribution >= 0.6 is 0 Å². The van der Waals surface area contributed by atoms with Crippen molar-refractivity contribution in [2.24, 2.45) is 5.92 Å². The van der Waals surface area contributed by atoms with Gasteiger partial charge in [-0.05, 0) is 36.1 Å². The van der Waals surface area contributed by atoms with Crippen molar-refractivity contribution in [3.8, 4) is 5.75 Å². The molecule has 1 aromatic carbocycles. The van der Waals surface area contributed by atoms with Gasteiger partial charge in [0.2, 0.25) is 0 Å². The Morgan fingerprint density at radius 1 is 1.14 bits per heavy atom. The van der Waals surface area contributed by atoms with Gasteiger partial charge in [-0.15, -0.1) is 0 Å². The first-order chi connectivity index (χ1) is 14.1. The van der Waals surface area contributed by atoms with E-state index in [1.165, 1.54) is 29.2 Å². The number of nitrogens with zero attached hydrogens (tertiary/aromatic N) is 4. The number of imidazole rings is 1. The molecule has 3 heterocycles. The Bertz CT molecular complexity index is 912. The molecule has 0 saturated heterocycles. The number of benzene rings is 1. The van der Waals surface area contributed by atoms with Gasteiger partial charge in [0.15, 0.2) is 0 Å². The minimum absolute atomic E-state index is 0.688. The van der Waals surface area contributed by atoms with Gasteiger partial charge in [0.05, 0.1) is 18.5 Å². The number of fused-ring (bicyclic) bond motifs is 1. The van der Waals surface area contributed by atoms with E-state index in [4.69, 9.17) is 9.72 Å². The van der Waals surface area contributed by atoms with E-state index in [1.54, 1.807) is 7.11 Å². The summed E-state index contributed by atoms with van der Waals surface area (Å²) in [6, 6.07) is 10.4. The molecule has 2 aromatic heterocycles. The van der Waals surface area contributed by atoms with E-state index in [0.29, 0.717) is 5.92 Å². The van der Waals surface area contributed by atoms with Crippen molar-refractivity contribution in [2.45, 2.75) is 52.7 Å². The first-order valence-corrected chi connectivity index (χ1v) is 10.5. The molecule has 154 valence electrons. The third-order valence-corrected chi connectivity index (χ3v) is 5.68. The smallest absolute Gasteiger partial charge is 0.118 e. The standard InChI is InChI=1S/C23H31N5O/c1-17(2)4-9-23-25-21(14-18-5-7-20(29-3)8-6-18)22-16-27(12-13-28(22)23)15-19-10-11-24-26-19/h5-8,10-11,17H,4,9,12-16H2,1-3H3,(H,24,26). The number of methoxy groups -OCH3 is 1. The first kappa shape index (κ1) is 19.7. The summed E-state index contributed by atoms with van der Waals surface area (Å²) in [7, 11) is 1.70. The van der Waals surface area contributed by atoms with Crippen LogP contribution in [0.2, 0.25) is 0 Å². The van der Waals surface area contributed by atoms with Crippen LogP contribution in [0.1, 0.15) is 48.7 Å². The molecule has 3 aromatic rings. The van der Waals surface area contributed by atoms with Crippen LogP contribution in [-0.4, -0.2) is 38.3 Å². The van der Waals surface area contributed by atoms with Crippen LogP contribution in [0.15, 0.2) is 36.5 Å². The van der Waals surface area contributed by atoms with Crippen LogP contribution in [-0.2, 0) is 32.5 Å². The second-order valence-corrected chi connectivity index (χ2v) is 8.32. The quantitative estimate of drug-likeness (QED) is 0.632. The Morgan fingerprint density at radius 2 is 1.97 bits per heavy atom. The average molecular weight is 394 g/mol. The molecule has 0 fully saturated rings. The fourth-order valence-corrected chi connectivity index (χ4v) is 4.00. The highest BCUT2D eigenvalue weighted by Gasteiger charge is 2.24. The Morgan fingerprint density at radius 3 is 2.66 bits per heavy atom. The minimum Gasteiger partial charge on any atom is -0.497 e. The van der Waals surface area contributed by atoms with Gasteiger partial charge in [0, 0.05) is 50.9 Å². The SMILES string of the molecule is COc1ccc(Cc2nc(CCC(C)C)n3c2CN(Cc2ccn[nH]2)CC3)cc1. The number of aromatic nitrogens is 4. The van der Waals surface area contributed by atoms with E-state index in [1.807, 2.05) is 18.3 Å². The molecule has 0 spiro atoms. The van der Waals surface area contributed by atoms with E-state index in [2.05, 4.69) is 51.7 Å². The largest absolute Gasteiger partial charge is 0.497 e. The fraction of sp³-hybridized carbons (Fsp3) is 0.478. The fourth-order valence-electron chi connectivity index (χ4n) is 4.00. The summed E-state index contributed by atoms with van der Waals surface area (Å²) in [6.45, 7) is 8.44. The van der Waals surface area contributed by atoms with E-state index >= 15 is 0 Å². The monoisotopic (exact) mass is 393 g/mol. The Balaban J connectivity index is 1.57. The molecular weight excluding hydrogens is 362 g/mol. The molecule has 0 amide bonds. The summed E-state index contributed by atoms with van der Waals surface area (Å²) in [5.74, 6) is 2.83. The maximum Gasteiger partial charge on any atom is 0.118 e. The normalized spacial score (nSPS) is 14.3. The maximum atomic E-state index is 5.30. The number of rotatable bonds is 8. The van der Waals surface area contributed by atoms with Gasteiger partial charge < -0.3 is 9.30 Å². The van der Waals surface area contributed by atoms with Gasteiger partial charge in [-0.3, -0.25) is 10.00 Å². The summed E-state index contributed by atoms with van der Waals surface area (Å²) in [5, 5.41) is 7.17. The molecule has 0 saturated carbocycles. The molecular formula is C23H31N5O. The molecule has 29 heavy (non-hydrogen) atoms. The number of nitrogens with one attached hydrogen (secondary N) is 1. The van der Waals surface area contributed by atoms with Crippen molar-refractivity contribution in [3.05, 3.63) is 65.0 Å². The highest BCUT2D eigenvalue weighted by atomic mass is 16.5. The van der Waals surface area contributed by atoms with Crippen LogP contribution in [0.4, 0.5) is 0 Å². The average Bonchev–Trinajstić information content (AvgIpc) is 3.35. The van der Waals surface area contributed by atoms with E-state index < -0.39 is 0 Å². The summed E-state index contributed by atoms with van der Waals surface area (Å²) in [6.07, 6.45) is 4.91. The molecule has 6 nitrogen and oxygen atoms in total. The van der Waals surface area contributed by atoms with Crippen molar-refractivity contribution < 1.29 is 4.74 Å². The van der Waals surface area contributed by atoms with Crippen molar-refractivity contribution in [2.75, 3.05) is 13.7 Å². The van der Waals surface area contributed by atoms with Crippen molar-refractivity contribution in [3.63, 3.8) is 0 Å². The van der Waals surface area contributed by atoms with Crippen molar-refractivity contribution in [1.82, 2.24) is 24.6 Å². The predicted octanol–water partition coefficient (Wildman–Crippen LogP) is 3.81. The number of hydrogen-bond acceptors (Lipinski definition) is 4.